The third-order valence-electron chi connectivity index (χ3n) is 2.27. The van der Waals surface area contributed by atoms with E-state index in [-0.39, 0.29) is 5.78 Å². The van der Waals surface area contributed by atoms with E-state index in [4.69, 9.17) is 11.6 Å². The van der Waals surface area contributed by atoms with Crippen molar-refractivity contribution in [2.45, 2.75) is 6.42 Å². The molecule has 0 N–H and O–H groups in total. The van der Waals surface area contributed by atoms with E-state index in [1.807, 2.05) is 12.1 Å². The second-order valence-electron chi connectivity index (χ2n) is 3.42. The summed E-state index contributed by atoms with van der Waals surface area (Å²) in [5, 5.41) is 4.32. The average molecular weight is 236 g/mol. The first-order valence-corrected chi connectivity index (χ1v) is 5.16. The van der Waals surface area contributed by atoms with Crippen molar-refractivity contribution in [3.05, 3.63) is 47.0 Å². The third-order valence-corrected chi connectivity index (χ3v) is 2.55. The van der Waals surface area contributed by atoms with Crippen LogP contribution in [0.1, 0.15) is 16.1 Å². The van der Waals surface area contributed by atoms with Crippen LogP contribution in [0.3, 0.4) is 0 Å². The van der Waals surface area contributed by atoms with Crippen molar-refractivity contribution in [2.24, 2.45) is 7.05 Å². The quantitative estimate of drug-likeness (QED) is 0.764. The molecule has 16 heavy (non-hydrogen) atoms. The minimum absolute atomic E-state index is 0.0452. The van der Waals surface area contributed by atoms with Gasteiger partial charge in [-0.25, -0.2) is 0 Å². The second-order valence-corrected chi connectivity index (χ2v) is 3.83. The molecular formula is C11H10ClN3O. The number of pyridine rings is 1. The number of hydrogen-bond acceptors (Lipinski definition) is 3. The van der Waals surface area contributed by atoms with Crippen molar-refractivity contribution in [3.63, 3.8) is 0 Å². The predicted octanol–water partition coefficient (Wildman–Crippen LogP) is 1.89. The molecule has 0 bridgehead atoms. The van der Waals surface area contributed by atoms with Crippen molar-refractivity contribution in [1.29, 1.82) is 0 Å². The Bertz CT molecular complexity index is 488. The van der Waals surface area contributed by atoms with Gasteiger partial charge in [0.25, 0.3) is 0 Å². The standard InChI is InChI=1S/C11H10ClN3O/c1-15-11(9(12)7-14-15)10(16)6-8-2-4-13-5-3-8/h2-5,7H,6H2,1H3. The molecule has 0 saturated carbocycles. The van der Waals surface area contributed by atoms with Crippen LogP contribution in [0.5, 0.6) is 0 Å². The fraction of sp³-hybridized carbons (Fsp3) is 0.182. The topological polar surface area (TPSA) is 47.8 Å². The first-order valence-electron chi connectivity index (χ1n) is 4.78. The highest BCUT2D eigenvalue weighted by atomic mass is 35.5. The average Bonchev–Trinajstić information content (AvgIpc) is 2.60. The van der Waals surface area contributed by atoms with Gasteiger partial charge in [0, 0.05) is 25.9 Å². The molecule has 0 atom stereocenters. The number of ketones is 1. The maximum absolute atomic E-state index is 12.0. The Hall–Kier alpha value is -1.68. The van der Waals surface area contributed by atoms with Crippen LogP contribution in [0.15, 0.2) is 30.7 Å². The van der Waals surface area contributed by atoms with Gasteiger partial charge in [0.1, 0.15) is 5.69 Å². The lowest BCUT2D eigenvalue weighted by atomic mass is 10.1. The molecule has 5 heteroatoms. The lowest BCUT2D eigenvalue weighted by Gasteiger charge is -2.02. The largest absolute Gasteiger partial charge is 0.292 e. The maximum Gasteiger partial charge on any atom is 0.186 e. The molecule has 0 amide bonds. The molecule has 0 aliphatic carbocycles. The predicted molar refractivity (Wildman–Crippen MR) is 60.5 cm³/mol. The van der Waals surface area contributed by atoms with Crippen LogP contribution in [0.25, 0.3) is 0 Å². The number of carbonyl (C=O) groups is 1. The number of Topliss-reactive ketones (excluding diaryl/α,β-unsaturated/α-hetero) is 1. The number of aromatic nitrogens is 3. The summed E-state index contributed by atoms with van der Waals surface area (Å²) >= 11 is 5.89. The molecule has 0 aliphatic rings. The summed E-state index contributed by atoms with van der Waals surface area (Å²) in [4.78, 5) is 15.8. The van der Waals surface area contributed by atoms with E-state index in [9.17, 15) is 4.79 Å². The van der Waals surface area contributed by atoms with Crippen molar-refractivity contribution >= 4 is 17.4 Å². The smallest absolute Gasteiger partial charge is 0.186 e. The van der Waals surface area contributed by atoms with Crippen LogP contribution >= 0.6 is 11.6 Å². The molecule has 2 aromatic heterocycles. The van der Waals surface area contributed by atoms with E-state index in [1.54, 1.807) is 19.4 Å². The van der Waals surface area contributed by atoms with Gasteiger partial charge in [0.2, 0.25) is 0 Å². The van der Waals surface area contributed by atoms with Crippen LogP contribution in [0, 0.1) is 0 Å². The van der Waals surface area contributed by atoms with Crippen molar-refractivity contribution < 1.29 is 4.79 Å². The molecule has 4 nitrogen and oxygen atoms in total. The van der Waals surface area contributed by atoms with Crippen LogP contribution in [0.4, 0.5) is 0 Å². The van der Waals surface area contributed by atoms with Gasteiger partial charge in [-0.05, 0) is 17.7 Å². The normalized spacial score (nSPS) is 10.4. The van der Waals surface area contributed by atoms with Gasteiger partial charge in [-0.15, -0.1) is 0 Å². The van der Waals surface area contributed by atoms with Gasteiger partial charge in [0.05, 0.1) is 11.2 Å². The highest BCUT2D eigenvalue weighted by Gasteiger charge is 2.15. The fourth-order valence-electron chi connectivity index (χ4n) is 1.49. The Balaban J connectivity index is 2.22. The lowest BCUT2D eigenvalue weighted by Crippen LogP contribution is -2.10. The number of aryl methyl sites for hydroxylation is 1. The summed E-state index contributed by atoms with van der Waals surface area (Å²) < 4.78 is 1.49. The van der Waals surface area contributed by atoms with Gasteiger partial charge in [0.15, 0.2) is 5.78 Å². The van der Waals surface area contributed by atoms with Gasteiger partial charge < -0.3 is 0 Å². The van der Waals surface area contributed by atoms with E-state index < -0.39 is 0 Å². The molecule has 82 valence electrons. The zero-order valence-corrected chi connectivity index (χ0v) is 9.48. The molecule has 0 aromatic carbocycles. The van der Waals surface area contributed by atoms with E-state index in [1.165, 1.54) is 10.9 Å². The van der Waals surface area contributed by atoms with Crippen LogP contribution in [-0.2, 0) is 13.5 Å². The summed E-state index contributed by atoms with van der Waals surface area (Å²) in [6.07, 6.45) is 5.10. The SMILES string of the molecule is Cn1ncc(Cl)c1C(=O)Cc1ccncc1. The van der Waals surface area contributed by atoms with E-state index in [0.29, 0.717) is 17.1 Å². The van der Waals surface area contributed by atoms with E-state index in [0.717, 1.165) is 5.56 Å². The Morgan fingerprint density at radius 1 is 1.44 bits per heavy atom. The number of nitrogens with zero attached hydrogens (tertiary/aromatic N) is 3. The number of hydrogen-bond donors (Lipinski definition) is 0. The first kappa shape index (κ1) is 10.8. The number of halogens is 1. The Kier molecular flexibility index (Phi) is 3.01. The summed E-state index contributed by atoms with van der Waals surface area (Å²) in [6, 6.07) is 3.62. The molecule has 0 spiro atoms. The van der Waals surface area contributed by atoms with Gasteiger partial charge in [-0.3, -0.25) is 14.5 Å². The van der Waals surface area contributed by atoms with Crippen molar-refractivity contribution in [1.82, 2.24) is 14.8 Å². The second kappa shape index (κ2) is 4.45. The number of rotatable bonds is 3. The van der Waals surface area contributed by atoms with Crippen LogP contribution < -0.4 is 0 Å². The fourth-order valence-corrected chi connectivity index (χ4v) is 1.77. The summed E-state index contributed by atoms with van der Waals surface area (Å²) in [7, 11) is 1.70. The van der Waals surface area contributed by atoms with Crippen LogP contribution in [-0.4, -0.2) is 20.5 Å². The molecule has 2 aromatic rings. The number of carbonyl (C=O) groups excluding carboxylic acids is 1. The molecular weight excluding hydrogens is 226 g/mol. The van der Waals surface area contributed by atoms with Gasteiger partial charge in [-0.1, -0.05) is 11.6 Å². The minimum atomic E-state index is -0.0452. The van der Waals surface area contributed by atoms with Crippen LogP contribution in [0.2, 0.25) is 5.02 Å². The van der Waals surface area contributed by atoms with Crippen molar-refractivity contribution in [2.75, 3.05) is 0 Å². The maximum atomic E-state index is 12.0. The highest BCUT2D eigenvalue weighted by Crippen LogP contribution is 2.16. The highest BCUT2D eigenvalue weighted by molar-refractivity contribution is 6.33. The van der Waals surface area contributed by atoms with Gasteiger partial charge >= 0.3 is 0 Å². The monoisotopic (exact) mass is 235 g/mol. The van der Waals surface area contributed by atoms with Crippen molar-refractivity contribution in [3.8, 4) is 0 Å². The van der Waals surface area contributed by atoms with E-state index >= 15 is 0 Å². The molecule has 0 saturated heterocycles. The molecule has 0 radical (unpaired) electrons. The Morgan fingerprint density at radius 2 is 2.12 bits per heavy atom. The Labute approximate surface area is 97.9 Å². The molecule has 0 aliphatic heterocycles. The molecule has 0 fully saturated rings. The van der Waals surface area contributed by atoms with E-state index in [2.05, 4.69) is 10.1 Å². The van der Waals surface area contributed by atoms with Gasteiger partial charge in [-0.2, -0.15) is 5.10 Å². The minimum Gasteiger partial charge on any atom is -0.292 e. The third kappa shape index (κ3) is 2.12. The summed E-state index contributed by atoms with van der Waals surface area (Å²) in [5.74, 6) is -0.0452. The lowest BCUT2D eigenvalue weighted by molar-refractivity contribution is 0.0984. The first-order chi connectivity index (χ1) is 7.68. The molecule has 0 unspecified atom stereocenters. The molecule has 2 rings (SSSR count). The summed E-state index contributed by atoms with van der Waals surface area (Å²) in [6.45, 7) is 0. The molecule has 2 heterocycles. The zero-order valence-electron chi connectivity index (χ0n) is 8.72. The Morgan fingerprint density at radius 3 is 2.69 bits per heavy atom. The summed E-state index contributed by atoms with van der Waals surface area (Å²) in [5.41, 5.74) is 1.36. The zero-order chi connectivity index (χ0) is 11.5.